The fourth-order valence-electron chi connectivity index (χ4n) is 1.66. The van der Waals surface area contributed by atoms with Crippen molar-refractivity contribution in [3.63, 3.8) is 0 Å². The van der Waals surface area contributed by atoms with Crippen LogP contribution < -0.4 is 5.32 Å². The van der Waals surface area contributed by atoms with Gasteiger partial charge in [-0.15, -0.1) is 17.8 Å². The van der Waals surface area contributed by atoms with Crippen LogP contribution in [0.2, 0.25) is 0 Å². The van der Waals surface area contributed by atoms with E-state index in [0.717, 1.165) is 19.6 Å². The van der Waals surface area contributed by atoms with Gasteiger partial charge in [0, 0.05) is 24.0 Å². The molecule has 0 radical (unpaired) electrons. The van der Waals surface area contributed by atoms with Crippen LogP contribution in [0.25, 0.3) is 0 Å². The van der Waals surface area contributed by atoms with Crippen molar-refractivity contribution in [1.29, 1.82) is 0 Å². The van der Waals surface area contributed by atoms with E-state index in [1.807, 2.05) is 11.3 Å². The molecule has 0 fully saturated rings. The number of rotatable bonds is 7. The highest BCUT2D eigenvalue weighted by molar-refractivity contribution is 7.09. The number of hydrogen-bond donors (Lipinski definition) is 1. The molecule has 1 unspecified atom stereocenters. The van der Waals surface area contributed by atoms with E-state index >= 15 is 0 Å². The quantitative estimate of drug-likeness (QED) is 0.576. The molecule has 3 heteroatoms. The lowest BCUT2D eigenvalue weighted by molar-refractivity contribution is 0.209. The van der Waals surface area contributed by atoms with Crippen molar-refractivity contribution in [2.45, 2.75) is 26.4 Å². The largest absolute Gasteiger partial charge is 0.305 e. The summed E-state index contributed by atoms with van der Waals surface area (Å²) in [5.41, 5.74) is 0. The molecule has 1 heterocycles. The van der Waals surface area contributed by atoms with E-state index < -0.39 is 0 Å². The Morgan fingerprint density at radius 2 is 2.44 bits per heavy atom. The van der Waals surface area contributed by atoms with Crippen molar-refractivity contribution in [1.82, 2.24) is 10.2 Å². The molecule has 0 aromatic carbocycles. The first kappa shape index (κ1) is 13.2. The first-order valence-corrected chi connectivity index (χ1v) is 6.56. The zero-order valence-corrected chi connectivity index (χ0v) is 10.9. The van der Waals surface area contributed by atoms with Gasteiger partial charge in [-0.1, -0.05) is 18.9 Å². The third-order valence-corrected chi connectivity index (χ3v) is 3.50. The van der Waals surface area contributed by atoms with E-state index in [1.165, 1.54) is 4.88 Å². The fraction of sp³-hybridized carbons (Fsp3) is 0.538. The summed E-state index contributed by atoms with van der Waals surface area (Å²) in [5.74, 6) is 2.60. The lowest BCUT2D eigenvalue weighted by Gasteiger charge is -2.27. The first-order chi connectivity index (χ1) is 7.77. The molecule has 16 heavy (non-hydrogen) atoms. The summed E-state index contributed by atoms with van der Waals surface area (Å²) in [4.78, 5) is 3.88. The molecule has 0 amide bonds. The van der Waals surface area contributed by atoms with E-state index in [4.69, 9.17) is 6.42 Å². The predicted octanol–water partition coefficient (Wildman–Crippen LogP) is 2.18. The van der Waals surface area contributed by atoms with Gasteiger partial charge in [-0.3, -0.25) is 4.90 Å². The van der Waals surface area contributed by atoms with Crippen LogP contribution in [-0.2, 0) is 6.54 Å². The minimum Gasteiger partial charge on any atom is -0.305 e. The monoisotopic (exact) mass is 236 g/mol. The Bertz CT molecular complexity index is 313. The Balaban J connectivity index is 2.38. The summed E-state index contributed by atoms with van der Waals surface area (Å²) < 4.78 is 0. The predicted molar refractivity (Wildman–Crippen MR) is 71.6 cm³/mol. The van der Waals surface area contributed by atoms with Crippen LogP contribution in [0.3, 0.4) is 0 Å². The minimum absolute atomic E-state index is 0.514. The molecule has 0 saturated carbocycles. The number of likely N-dealkylation sites (N-methyl/N-ethyl adjacent to an activating group) is 1. The molecule has 1 aromatic heterocycles. The number of terminal acetylenes is 1. The Morgan fingerprint density at radius 1 is 1.62 bits per heavy atom. The van der Waals surface area contributed by atoms with Crippen molar-refractivity contribution < 1.29 is 0 Å². The first-order valence-electron chi connectivity index (χ1n) is 5.68. The maximum Gasteiger partial charge on any atom is 0.0574 e. The Morgan fingerprint density at radius 3 is 3.00 bits per heavy atom. The summed E-state index contributed by atoms with van der Waals surface area (Å²) in [6.45, 7) is 8.14. The van der Waals surface area contributed by atoms with Crippen LogP contribution >= 0.6 is 11.3 Å². The Hall–Kier alpha value is -0.820. The third kappa shape index (κ3) is 4.36. The molecule has 0 aliphatic heterocycles. The zero-order chi connectivity index (χ0) is 11.8. The van der Waals surface area contributed by atoms with Gasteiger partial charge in [-0.2, -0.15) is 0 Å². The van der Waals surface area contributed by atoms with Crippen molar-refractivity contribution >= 4 is 11.3 Å². The van der Waals surface area contributed by atoms with Gasteiger partial charge in [0.05, 0.1) is 6.54 Å². The molecule has 2 nitrogen and oxygen atoms in total. The van der Waals surface area contributed by atoms with Crippen LogP contribution in [0.15, 0.2) is 17.5 Å². The molecule has 0 saturated heterocycles. The Kier molecular flexibility index (Phi) is 6.17. The zero-order valence-electron chi connectivity index (χ0n) is 10.1. The van der Waals surface area contributed by atoms with E-state index in [-0.39, 0.29) is 0 Å². The minimum atomic E-state index is 0.514. The highest BCUT2D eigenvalue weighted by atomic mass is 32.1. The van der Waals surface area contributed by atoms with E-state index in [2.05, 4.69) is 47.5 Å². The van der Waals surface area contributed by atoms with Gasteiger partial charge in [-0.05, 0) is 24.9 Å². The summed E-state index contributed by atoms with van der Waals surface area (Å²) in [7, 11) is 0. The normalized spacial score (nSPS) is 12.6. The second kappa shape index (κ2) is 7.45. The summed E-state index contributed by atoms with van der Waals surface area (Å²) in [6, 6.07) is 4.81. The highest BCUT2D eigenvalue weighted by Gasteiger charge is 2.12. The molecule has 1 rings (SSSR count). The average molecular weight is 236 g/mol. The van der Waals surface area contributed by atoms with Crippen LogP contribution in [0, 0.1) is 12.3 Å². The van der Waals surface area contributed by atoms with Crippen LogP contribution in [-0.4, -0.2) is 30.6 Å². The molecule has 1 N–H and O–H groups in total. The van der Waals surface area contributed by atoms with Crippen LogP contribution in [0.5, 0.6) is 0 Å². The van der Waals surface area contributed by atoms with Gasteiger partial charge in [0.2, 0.25) is 0 Å². The molecular weight excluding hydrogens is 216 g/mol. The SMILES string of the molecule is C#CCNCC(C)N(CC)Cc1cccs1. The van der Waals surface area contributed by atoms with Crippen LogP contribution in [0.1, 0.15) is 18.7 Å². The lowest BCUT2D eigenvalue weighted by atomic mass is 10.2. The molecule has 0 aliphatic carbocycles. The summed E-state index contributed by atoms with van der Waals surface area (Å²) >= 11 is 1.82. The average Bonchev–Trinajstić information content (AvgIpc) is 2.78. The maximum atomic E-state index is 5.21. The lowest BCUT2D eigenvalue weighted by Crippen LogP contribution is -2.39. The second-order valence-electron chi connectivity index (χ2n) is 3.83. The van der Waals surface area contributed by atoms with Gasteiger partial charge in [0.15, 0.2) is 0 Å². The van der Waals surface area contributed by atoms with Crippen molar-refractivity contribution in [3.05, 3.63) is 22.4 Å². The number of nitrogens with zero attached hydrogens (tertiary/aromatic N) is 1. The van der Waals surface area contributed by atoms with E-state index in [0.29, 0.717) is 12.6 Å². The number of nitrogens with one attached hydrogen (secondary N) is 1. The molecule has 1 aromatic rings. The van der Waals surface area contributed by atoms with Crippen molar-refractivity contribution in [2.24, 2.45) is 0 Å². The Labute approximate surface area is 103 Å². The third-order valence-electron chi connectivity index (χ3n) is 2.64. The molecular formula is C13H20N2S. The van der Waals surface area contributed by atoms with Crippen molar-refractivity contribution in [3.8, 4) is 12.3 Å². The highest BCUT2D eigenvalue weighted by Crippen LogP contribution is 2.13. The van der Waals surface area contributed by atoms with E-state index in [9.17, 15) is 0 Å². The van der Waals surface area contributed by atoms with Gasteiger partial charge in [0.25, 0.3) is 0 Å². The number of hydrogen-bond acceptors (Lipinski definition) is 3. The standard InChI is InChI=1S/C13H20N2S/c1-4-8-14-10-12(3)15(5-2)11-13-7-6-9-16-13/h1,6-7,9,12,14H,5,8,10-11H2,2-3H3. The molecule has 88 valence electrons. The van der Waals surface area contributed by atoms with Gasteiger partial charge in [-0.25, -0.2) is 0 Å². The second-order valence-corrected chi connectivity index (χ2v) is 4.86. The summed E-state index contributed by atoms with van der Waals surface area (Å²) in [6.07, 6.45) is 5.21. The van der Waals surface area contributed by atoms with E-state index in [1.54, 1.807) is 0 Å². The smallest absolute Gasteiger partial charge is 0.0574 e. The van der Waals surface area contributed by atoms with Gasteiger partial charge < -0.3 is 5.32 Å². The molecule has 0 bridgehead atoms. The molecule has 0 aliphatic rings. The molecule has 0 spiro atoms. The van der Waals surface area contributed by atoms with Crippen LogP contribution in [0.4, 0.5) is 0 Å². The summed E-state index contributed by atoms with van der Waals surface area (Å²) in [5, 5.41) is 5.38. The fourth-order valence-corrected chi connectivity index (χ4v) is 2.39. The topological polar surface area (TPSA) is 15.3 Å². The molecule has 1 atom stereocenters. The van der Waals surface area contributed by atoms with Gasteiger partial charge in [0.1, 0.15) is 0 Å². The number of thiophene rings is 1. The maximum absolute atomic E-state index is 5.21. The van der Waals surface area contributed by atoms with Crippen molar-refractivity contribution in [2.75, 3.05) is 19.6 Å². The van der Waals surface area contributed by atoms with Gasteiger partial charge >= 0.3 is 0 Å².